The number of fused-ring (bicyclic) bond motifs is 2. The third-order valence-electron chi connectivity index (χ3n) is 4.30. The van der Waals surface area contributed by atoms with E-state index >= 15 is 0 Å². The molecule has 0 saturated carbocycles. The Morgan fingerprint density at radius 3 is 2.61 bits per heavy atom. The Morgan fingerprint density at radius 1 is 1.11 bits per heavy atom. The number of ether oxygens (including phenoxy) is 2. The normalized spacial score (nSPS) is 12.0. The van der Waals surface area contributed by atoms with Gasteiger partial charge in [-0.3, -0.25) is 4.79 Å². The molecule has 28 heavy (non-hydrogen) atoms. The van der Waals surface area contributed by atoms with Gasteiger partial charge in [0.15, 0.2) is 21.9 Å². The number of carbonyl (C=O) groups is 1. The van der Waals surface area contributed by atoms with Gasteiger partial charge in [-0.1, -0.05) is 29.5 Å². The van der Waals surface area contributed by atoms with E-state index < -0.39 is 5.91 Å². The van der Waals surface area contributed by atoms with E-state index in [1.165, 1.54) is 11.3 Å². The maximum atomic E-state index is 12.8. The number of rotatable bonds is 5. The highest BCUT2D eigenvalue weighted by Crippen LogP contribution is 2.29. The molecule has 0 fully saturated rings. The van der Waals surface area contributed by atoms with Gasteiger partial charge in [-0.15, -0.1) is 0 Å². The van der Waals surface area contributed by atoms with Gasteiger partial charge in [-0.05, 0) is 38.1 Å². The molecule has 144 valence electrons. The molecular weight excluding hydrogens is 376 g/mol. The fourth-order valence-electron chi connectivity index (χ4n) is 3.10. The molecule has 0 bridgehead atoms. The Morgan fingerprint density at radius 2 is 1.82 bits per heavy atom. The van der Waals surface area contributed by atoms with E-state index in [0.717, 1.165) is 21.4 Å². The van der Waals surface area contributed by atoms with Crippen molar-refractivity contribution in [3.05, 3.63) is 53.0 Å². The molecule has 4 rings (SSSR count). The van der Waals surface area contributed by atoms with Crippen LogP contribution in [0.1, 0.15) is 24.4 Å². The number of para-hydroxylation sites is 2. The zero-order valence-corrected chi connectivity index (χ0v) is 16.7. The van der Waals surface area contributed by atoms with Crippen molar-refractivity contribution < 1.29 is 18.7 Å². The van der Waals surface area contributed by atoms with Crippen LogP contribution in [0.5, 0.6) is 11.5 Å². The first-order chi connectivity index (χ1) is 13.6. The molecule has 0 radical (unpaired) electrons. The van der Waals surface area contributed by atoms with E-state index in [2.05, 4.69) is 4.99 Å². The number of hydrogen-bond donors (Lipinski definition) is 0. The van der Waals surface area contributed by atoms with Crippen LogP contribution in [0.4, 0.5) is 0 Å². The number of thiazole rings is 1. The maximum Gasteiger partial charge on any atom is 0.315 e. The molecule has 6 nitrogen and oxygen atoms in total. The lowest BCUT2D eigenvalue weighted by Crippen LogP contribution is -2.13. The average Bonchev–Trinajstić information content (AvgIpc) is 3.25. The van der Waals surface area contributed by atoms with E-state index in [4.69, 9.17) is 13.9 Å². The second kappa shape index (κ2) is 7.52. The standard InChI is InChI=1S/C21H20N2O4S/c1-4-25-14-9-7-11-17-18(14)23(3)21(28-17)22-20(24)16-12-13-8-6-10-15(26-5-2)19(13)27-16/h6-12H,4-5H2,1-3H3. The first kappa shape index (κ1) is 18.3. The summed E-state index contributed by atoms with van der Waals surface area (Å²) in [5.74, 6) is 1.15. The lowest BCUT2D eigenvalue weighted by Gasteiger charge is -2.05. The molecule has 2 heterocycles. The molecule has 1 amide bonds. The van der Waals surface area contributed by atoms with Crippen LogP contribution in [0.2, 0.25) is 0 Å². The van der Waals surface area contributed by atoms with Crippen LogP contribution in [0, 0.1) is 0 Å². The first-order valence-corrected chi connectivity index (χ1v) is 9.89. The van der Waals surface area contributed by atoms with E-state index in [9.17, 15) is 4.79 Å². The minimum atomic E-state index is -0.432. The fourth-order valence-corrected chi connectivity index (χ4v) is 4.13. The van der Waals surface area contributed by atoms with E-state index in [0.29, 0.717) is 29.3 Å². The summed E-state index contributed by atoms with van der Waals surface area (Å²) in [5, 5.41) is 0.809. The van der Waals surface area contributed by atoms with Gasteiger partial charge in [0.2, 0.25) is 0 Å². The SMILES string of the molecule is CCOc1cccc2cc(C(=O)N=c3sc4cccc(OCC)c4n3C)oc12. The zero-order chi connectivity index (χ0) is 19.7. The van der Waals surface area contributed by atoms with Crippen molar-refractivity contribution in [3.63, 3.8) is 0 Å². The van der Waals surface area contributed by atoms with E-state index in [1.54, 1.807) is 6.07 Å². The molecule has 0 aliphatic rings. The highest BCUT2D eigenvalue weighted by molar-refractivity contribution is 7.16. The summed E-state index contributed by atoms with van der Waals surface area (Å²) in [7, 11) is 1.87. The summed E-state index contributed by atoms with van der Waals surface area (Å²) in [4.78, 5) is 17.6. The molecule has 0 atom stereocenters. The lowest BCUT2D eigenvalue weighted by atomic mass is 10.2. The van der Waals surface area contributed by atoms with Gasteiger partial charge < -0.3 is 18.5 Å². The second-order valence-electron chi connectivity index (χ2n) is 6.11. The Kier molecular flexibility index (Phi) is 4.92. The zero-order valence-electron chi connectivity index (χ0n) is 15.9. The van der Waals surface area contributed by atoms with Gasteiger partial charge in [0.05, 0.1) is 17.9 Å². The van der Waals surface area contributed by atoms with Gasteiger partial charge in [0, 0.05) is 12.4 Å². The van der Waals surface area contributed by atoms with Crippen molar-refractivity contribution in [2.75, 3.05) is 13.2 Å². The molecule has 0 spiro atoms. The van der Waals surface area contributed by atoms with Gasteiger partial charge in [0.25, 0.3) is 0 Å². The van der Waals surface area contributed by atoms with Crippen molar-refractivity contribution in [2.24, 2.45) is 12.0 Å². The summed E-state index contributed by atoms with van der Waals surface area (Å²) in [5.41, 5.74) is 1.48. The smallest absolute Gasteiger partial charge is 0.315 e. The van der Waals surface area contributed by atoms with Crippen molar-refractivity contribution in [2.45, 2.75) is 13.8 Å². The minimum Gasteiger partial charge on any atom is -0.492 e. The number of benzene rings is 2. The van der Waals surface area contributed by atoms with Gasteiger partial charge in [0.1, 0.15) is 11.3 Å². The quantitative estimate of drug-likeness (QED) is 0.497. The molecule has 0 aliphatic heterocycles. The summed E-state index contributed by atoms with van der Waals surface area (Å²) < 4.78 is 19.9. The second-order valence-corrected chi connectivity index (χ2v) is 7.12. The molecule has 7 heteroatoms. The van der Waals surface area contributed by atoms with E-state index in [-0.39, 0.29) is 5.76 Å². The Labute approximate surface area is 165 Å². The molecule has 2 aromatic carbocycles. The van der Waals surface area contributed by atoms with Crippen LogP contribution in [-0.4, -0.2) is 23.7 Å². The van der Waals surface area contributed by atoms with Crippen LogP contribution in [-0.2, 0) is 7.05 Å². The van der Waals surface area contributed by atoms with Crippen molar-refractivity contribution in [3.8, 4) is 11.5 Å². The first-order valence-electron chi connectivity index (χ1n) is 9.08. The van der Waals surface area contributed by atoms with E-state index in [1.807, 2.05) is 61.9 Å². The van der Waals surface area contributed by atoms with Crippen LogP contribution >= 0.6 is 11.3 Å². The number of hydrogen-bond acceptors (Lipinski definition) is 5. The summed E-state index contributed by atoms with van der Waals surface area (Å²) >= 11 is 1.43. The Balaban J connectivity index is 1.78. The highest BCUT2D eigenvalue weighted by Gasteiger charge is 2.16. The van der Waals surface area contributed by atoms with Crippen LogP contribution in [0.15, 0.2) is 51.9 Å². The van der Waals surface area contributed by atoms with Crippen molar-refractivity contribution in [1.82, 2.24) is 4.57 Å². The maximum absolute atomic E-state index is 12.8. The van der Waals surface area contributed by atoms with Gasteiger partial charge >= 0.3 is 5.91 Å². The highest BCUT2D eigenvalue weighted by atomic mass is 32.1. The molecule has 0 saturated heterocycles. The Bertz CT molecular complexity index is 1230. The largest absolute Gasteiger partial charge is 0.492 e. The number of carbonyl (C=O) groups excluding carboxylic acids is 1. The monoisotopic (exact) mass is 396 g/mol. The fraction of sp³-hybridized carbons (Fsp3) is 0.238. The van der Waals surface area contributed by atoms with Crippen molar-refractivity contribution >= 4 is 38.4 Å². The lowest BCUT2D eigenvalue weighted by molar-refractivity contribution is 0.0973. The third-order valence-corrected chi connectivity index (χ3v) is 5.40. The van der Waals surface area contributed by atoms with Gasteiger partial charge in [-0.2, -0.15) is 4.99 Å². The molecule has 0 N–H and O–H groups in total. The minimum absolute atomic E-state index is 0.185. The summed E-state index contributed by atoms with van der Waals surface area (Å²) in [6.45, 7) is 4.94. The van der Waals surface area contributed by atoms with Gasteiger partial charge in [-0.25, -0.2) is 0 Å². The number of aryl methyl sites for hydroxylation is 1. The summed E-state index contributed by atoms with van der Waals surface area (Å²) in [6, 6.07) is 13.1. The number of nitrogens with zero attached hydrogens (tertiary/aromatic N) is 2. The number of amides is 1. The third kappa shape index (κ3) is 3.18. The summed E-state index contributed by atoms with van der Waals surface area (Å²) in [6.07, 6.45) is 0. The number of furan rings is 1. The predicted molar refractivity (Wildman–Crippen MR) is 109 cm³/mol. The number of aromatic nitrogens is 1. The molecule has 0 aliphatic carbocycles. The molecule has 2 aromatic heterocycles. The molecular formula is C21H20N2O4S. The molecule has 0 unspecified atom stereocenters. The molecule has 4 aromatic rings. The van der Waals surface area contributed by atoms with Crippen LogP contribution in [0.25, 0.3) is 21.2 Å². The van der Waals surface area contributed by atoms with Crippen LogP contribution < -0.4 is 14.3 Å². The average molecular weight is 396 g/mol. The topological polar surface area (TPSA) is 66.0 Å². The van der Waals surface area contributed by atoms with Crippen LogP contribution in [0.3, 0.4) is 0 Å². The predicted octanol–water partition coefficient (Wildman–Crippen LogP) is 4.52. The van der Waals surface area contributed by atoms with Crippen molar-refractivity contribution in [1.29, 1.82) is 0 Å². The Hall–Kier alpha value is -3.06.